The number of para-hydroxylation sites is 1. The summed E-state index contributed by atoms with van der Waals surface area (Å²) < 4.78 is 5.31. The summed E-state index contributed by atoms with van der Waals surface area (Å²) in [4.78, 5) is 28.4. The van der Waals surface area contributed by atoms with Gasteiger partial charge < -0.3 is 20.4 Å². The molecule has 0 fully saturated rings. The van der Waals surface area contributed by atoms with Crippen molar-refractivity contribution in [2.45, 2.75) is 45.4 Å². The van der Waals surface area contributed by atoms with Crippen LogP contribution in [0, 0.1) is 0 Å². The molecule has 2 aromatic carbocycles. The molecule has 0 radical (unpaired) electrons. The van der Waals surface area contributed by atoms with Gasteiger partial charge >= 0.3 is 6.09 Å². The molecule has 3 rings (SSSR count). The van der Waals surface area contributed by atoms with Gasteiger partial charge in [-0.2, -0.15) is 0 Å². The largest absolute Gasteiger partial charge is 0.445 e. The number of aromatic nitrogens is 1. The van der Waals surface area contributed by atoms with Crippen molar-refractivity contribution >= 4 is 22.9 Å². The second-order valence-corrected chi connectivity index (χ2v) is 7.14. The fourth-order valence-electron chi connectivity index (χ4n) is 3.08. The van der Waals surface area contributed by atoms with Crippen LogP contribution in [0.2, 0.25) is 0 Å². The lowest BCUT2D eigenvalue weighted by molar-refractivity contribution is -0.123. The van der Waals surface area contributed by atoms with E-state index in [1.54, 1.807) is 0 Å². The quantitative estimate of drug-likeness (QED) is 0.542. The number of hydrogen-bond donors (Lipinski definition) is 3. The first-order valence-corrected chi connectivity index (χ1v) is 9.89. The standard InChI is InChI=1S/C23H27N3O3/c1-3-16(2)25-22(27)21(13-18-14-24-20-12-8-7-11-19(18)20)26-23(28)29-15-17-9-5-4-6-10-17/h4-12,14,16,21,24H,3,13,15H2,1-2H3,(H,25,27)(H,26,28). The first kappa shape index (κ1) is 20.5. The summed E-state index contributed by atoms with van der Waals surface area (Å²) in [5.74, 6) is -0.221. The van der Waals surface area contributed by atoms with E-state index in [2.05, 4.69) is 15.6 Å². The average molecular weight is 393 g/mol. The van der Waals surface area contributed by atoms with Gasteiger partial charge in [0.1, 0.15) is 12.6 Å². The Balaban J connectivity index is 1.70. The third-order valence-electron chi connectivity index (χ3n) is 4.92. The molecule has 2 amide bonds. The zero-order valence-electron chi connectivity index (χ0n) is 16.8. The van der Waals surface area contributed by atoms with Gasteiger partial charge in [0.15, 0.2) is 0 Å². The normalized spacial score (nSPS) is 12.9. The molecule has 6 nitrogen and oxygen atoms in total. The molecule has 152 valence electrons. The van der Waals surface area contributed by atoms with Crippen molar-refractivity contribution in [3.63, 3.8) is 0 Å². The number of carbonyl (C=O) groups excluding carboxylic acids is 2. The van der Waals surface area contributed by atoms with E-state index in [-0.39, 0.29) is 18.6 Å². The Morgan fingerprint density at radius 3 is 2.52 bits per heavy atom. The summed E-state index contributed by atoms with van der Waals surface area (Å²) in [7, 11) is 0. The van der Waals surface area contributed by atoms with Crippen LogP contribution in [0.1, 0.15) is 31.4 Å². The van der Waals surface area contributed by atoms with E-state index in [9.17, 15) is 9.59 Å². The summed E-state index contributed by atoms with van der Waals surface area (Å²) in [5.41, 5.74) is 2.85. The summed E-state index contributed by atoms with van der Waals surface area (Å²) in [6, 6.07) is 16.6. The highest BCUT2D eigenvalue weighted by molar-refractivity contribution is 5.88. The number of aromatic amines is 1. The van der Waals surface area contributed by atoms with Crippen molar-refractivity contribution in [1.29, 1.82) is 0 Å². The predicted octanol–water partition coefficient (Wildman–Crippen LogP) is 3.92. The summed E-state index contributed by atoms with van der Waals surface area (Å²) >= 11 is 0. The van der Waals surface area contributed by atoms with Gasteiger partial charge in [0.25, 0.3) is 0 Å². The summed E-state index contributed by atoms with van der Waals surface area (Å²) in [6.45, 7) is 4.09. The van der Waals surface area contributed by atoms with Gasteiger partial charge in [-0.1, -0.05) is 55.5 Å². The van der Waals surface area contributed by atoms with Crippen molar-refractivity contribution in [3.8, 4) is 0 Å². The number of hydrogen-bond acceptors (Lipinski definition) is 3. The maximum Gasteiger partial charge on any atom is 0.408 e. The van der Waals surface area contributed by atoms with Gasteiger partial charge in [0.05, 0.1) is 0 Å². The maximum absolute atomic E-state index is 12.8. The molecule has 0 aliphatic carbocycles. The van der Waals surface area contributed by atoms with E-state index < -0.39 is 12.1 Å². The topological polar surface area (TPSA) is 83.2 Å². The van der Waals surface area contributed by atoms with Gasteiger partial charge in [-0.3, -0.25) is 4.79 Å². The second kappa shape index (κ2) is 9.78. The lowest BCUT2D eigenvalue weighted by Crippen LogP contribution is -2.50. The molecule has 1 aromatic heterocycles. The number of carbonyl (C=O) groups is 2. The first-order valence-electron chi connectivity index (χ1n) is 9.89. The van der Waals surface area contributed by atoms with E-state index in [4.69, 9.17) is 4.74 Å². The van der Waals surface area contributed by atoms with E-state index in [1.165, 1.54) is 0 Å². The van der Waals surface area contributed by atoms with Gasteiger partial charge in [-0.05, 0) is 30.5 Å². The minimum atomic E-state index is -0.730. The molecule has 0 bridgehead atoms. The molecule has 6 heteroatoms. The van der Waals surface area contributed by atoms with Crippen LogP contribution in [0.3, 0.4) is 0 Å². The summed E-state index contributed by atoms with van der Waals surface area (Å²) in [5, 5.41) is 6.72. The number of ether oxygens (including phenoxy) is 1. The minimum Gasteiger partial charge on any atom is -0.445 e. The Bertz CT molecular complexity index is 952. The highest BCUT2D eigenvalue weighted by atomic mass is 16.5. The molecule has 0 saturated heterocycles. The van der Waals surface area contributed by atoms with Gasteiger partial charge in [-0.25, -0.2) is 4.79 Å². The summed E-state index contributed by atoms with van der Waals surface area (Å²) in [6.07, 6.45) is 2.44. The fraction of sp³-hybridized carbons (Fsp3) is 0.304. The van der Waals surface area contributed by atoms with E-state index >= 15 is 0 Å². The molecule has 2 unspecified atom stereocenters. The molecule has 29 heavy (non-hydrogen) atoms. The van der Waals surface area contributed by atoms with Crippen LogP contribution in [0.15, 0.2) is 60.8 Å². The highest BCUT2D eigenvalue weighted by Crippen LogP contribution is 2.19. The van der Waals surface area contributed by atoms with Crippen LogP contribution in [0.5, 0.6) is 0 Å². The molecule has 3 aromatic rings. The number of amides is 2. The average Bonchev–Trinajstić information content (AvgIpc) is 3.15. The van der Waals surface area contributed by atoms with Crippen molar-refractivity contribution in [3.05, 3.63) is 71.9 Å². The number of rotatable bonds is 8. The van der Waals surface area contributed by atoms with Crippen LogP contribution in [0.25, 0.3) is 10.9 Å². The zero-order chi connectivity index (χ0) is 20.6. The number of fused-ring (bicyclic) bond motifs is 1. The first-order chi connectivity index (χ1) is 14.1. The van der Waals surface area contributed by atoms with Crippen molar-refractivity contribution in [1.82, 2.24) is 15.6 Å². The van der Waals surface area contributed by atoms with Crippen LogP contribution < -0.4 is 10.6 Å². The van der Waals surface area contributed by atoms with Crippen molar-refractivity contribution < 1.29 is 14.3 Å². The molecule has 0 saturated carbocycles. The number of benzene rings is 2. The van der Waals surface area contributed by atoms with Crippen LogP contribution in [-0.2, 0) is 22.6 Å². The predicted molar refractivity (Wildman–Crippen MR) is 113 cm³/mol. The molecule has 1 heterocycles. The monoisotopic (exact) mass is 393 g/mol. The maximum atomic E-state index is 12.8. The zero-order valence-corrected chi connectivity index (χ0v) is 16.8. The van der Waals surface area contributed by atoms with Gasteiger partial charge in [0, 0.05) is 29.6 Å². The number of nitrogens with one attached hydrogen (secondary N) is 3. The lowest BCUT2D eigenvalue weighted by atomic mass is 10.0. The van der Waals surface area contributed by atoms with Crippen molar-refractivity contribution in [2.75, 3.05) is 0 Å². The third kappa shape index (κ3) is 5.60. The highest BCUT2D eigenvalue weighted by Gasteiger charge is 2.24. The molecular formula is C23H27N3O3. The Morgan fingerprint density at radius 1 is 1.03 bits per heavy atom. The fourth-order valence-corrected chi connectivity index (χ4v) is 3.08. The number of alkyl carbamates (subject to hydrolysis) is 1. The SMILES string of the molecule is CCC(C)NC(=O)C(Cc1c[nH]c2ccccc12)NC(=O)OCc1ccccc1. The third-order valence-corrected chi connectivity index (χ3v) is 4.92. The van der Waals surface area contributed by atoms with E-state index in [0.29, 0.717) is 6.42 Å². The van der Waals surface area contributed by atoms with Gasteiger partial charge in [0.2, 0.25) is 5.91 Å². The number of H-pyrrole nitrogens is 1. The smallest absolute Gasteiger partial charge is 0.408 e. The molecule has 0 spiro atoms. The van der Waals surface area contributed by atoms with E-state index in [0.717, 1.165) is 28.5 Å². The lowest BCUT2D eigenvalue weighted by Gasteiger charge is -2.20. The van der Waals surface area contributed by atoms with Gasteiger partial charge in [-0.15, -0.1) is 0 Å². The molecule has 3 N–H and O–H groups in total. The Labute approximate surface area is 170 Å². The second-order valence-electron chi connectivity index (χ2n) is 7.14. The van der Waals surface area contributed by atoms with Crippen molar-refractivity contribution in [2.24, 2.45) is 0 Å². The Hall–Kier alpha value is -3.28. The minimum absolute atomic E-state index is 0.0232. The molecule has 0 aliphatic rings. The molecular weight excluding hydrogens is 366 g/mol. The molecule has 0 aliphatic heterocycles. The van der Waals surface area contributed by atoms with Crippen LogP contribution in [0.4, 0.5) is 4.79 Å². The Morgan fingerprint density at radius 2 is 1.76 bits per heavy atom. The molecule has 2 atom stereocenters. The van der Waals surface area contributed by atoms with Crippen LogP contribution in [-0.4, -0.2) is 29.1 Å². The van der Waals surface area contributed by atoms with Crippen LogP contribution >= 0.6 is 0 Å². The van der Waals surface area contributed by atoms with E-state index in [1.807, 2.05) is 74.6 Å². The Kier molecular flexibility index (Phi) is 6.89.